The van der Waals surface area contributed by atoms with Crippen molar-refractivity contribution in [3.63, 3.8) is 0 Å². The number of nitrogens with zero attached hydrogens (tertiary/aromatic N) is 1. The van der Waals surface area contributed by atoms with E-state index in [1.165, 1.54) is 18.1 Å². The van der Waals surface area contributed by atoms with Gasteiger partial charge in [-0.1, -0.05) is 6.07 Å². The van der Waals surface area contributed by atoms with E-state index < -0.39 is 12.2 Å². The molecule has 0 saturated carbocycles. The number of hydrogen-bond donors (Lipinski definition) is 1. The Hall–Kier alpha value is -0.980. The Bertz CT molecular complexity index is 462. The van der Waals surface area contributed by atoms with Gasteiger partial charge in [0, 0.05) is 26.2 Å². The zero-order valence-electron chi connectivity index (χ0n) is 12.0. The van der Waals surface area contributed by atoms with E-state index in [0.29, 0.717) is 43.1 Å². The predicted molar refractivity (Wildman–Crippen MR) is 78.2 cm³/mol. The van der Waals surface area contributed by atoms with E-state index in [9.17, 15) is 13.2 Å². The zero-order valence-corrected chi connectivity index (χ0v) is 12.9. The standard InChI is InChI=1S/C14H19F3N2O.ClH/c1-10-9-11(20-2)3-4-12(10)13(14(15,16)17)19-7-5-18-6-8-19;/h3-4,9,13,18H,5-8H2,1-2H3;1H/t13-;/m1./s1. The molecule has 0 amide bonds. The fourth-order valence-electron chi connectivity index (χ4n) is 2.60. The van der Waals surface area contributed by atoms with Gasteiger partial charge >= 0.3 is 6.18 Å². The van der Waals surface area contributed by atoms with E-state index >= 15 is 0 Å². The zero-order chi connectivity index (χ0) is 14.8. The van der Waals surface area contributed by atoms with E-state index in [1.54, 1.807) is 19.1 Å². The van der Waals surface area contributed by atoms with Crippen LogP contribution in [0.4, 0.5) is 13.2 Å². The molecule has 2 rings (SSSR count). The smallest absolute Gasteiger partial charge is 0.408 e. The molecule has 0 radical (unpaired) electrons. The minimum absolute atomic E-state index is 0. The molecule has 0 aliphatic carbocycles. The fourth-order valence-corrected chi connectivity index (χ4v) is 2.60. The fraction of sp³-hybridized carbons (Fsp3) is 0.571. The van der Waals surface area contributed by atoms with Crippen molar-refractivity contribution in [2.45, 2.75) is 19.1 Å². The monoisotopic (exact) mass is 324 g/mol. The van der Waals surface area contributed by atoms with Crippen molar-refractivity contribution in [2.75, 3.05) is 33.3 Å². The lowest BCUT2D eigenvalue weighted by atomic mass is 9.98. The Balaban J connectivity index is 0.00000220. The van der Waals surface area contributed by atoms with Crippen LogP contribution < -0.4 is 10.1 Å². The normalized spacial score (nSPS) is 18.0. The highest BCUT2D eigenvalue weighted by Crippen LogP contribution is 2.39. The van der Waals surface area contributed by atoms with Crippen molar-refractivity contribution >= 4 is 12.4 Å². The molecule has 1 aromatic carbocycles. The van der Waals surface area contributed by atoms with E-state index in [1.807, 2.05) is 0 Å². The summed E-state index contributed by atoms with van der Waals surface area (Å²) in [7, 11) is 1.51. The van der Waals surface area contributed by atoms with Gasteiger partial charge in [0.1, 0.15) is 11.8 Å². The third kappa shape index (κ3) is 4.25. The predicted octanol–water partition coefficient (Wildman–Crippen LogP) is 2.93. The van der Waals surface area contributed by atoms with Crippen LogP contribution in [-0.2, 0) is 0 Å². The molecule has 21 heavy (non-hydrogen) atoms. The summed E-state index contributed by atoms with van der Waals surface area (Å²) in [6.45, 7) is 3.66. The second kappa shape index (κ2) is 7.33. The first kappa shape index (κ1) is 18.1. The highest BCUT2D eigenvalue weighted by molar-refractivity contribution is 5.85. The first-order valence-corrected chi connectivity index (χ1v) is 6.59. The molecular weight excluding hydrogens is 305 g/mol. The minimum atomic E-state index is -4.28. The van der Waals surface area contributed by atoms with Gasteiger partial charge < -0.3 is 10.1 Å². The molecule has 7 heteroatoms. The van der Waals surface area contributed by atoms with Gasteiger partial charge in [0.25, 0.3) is 0 Å². The van der Waals surface area contributed by atoms with Gasteiger partial charge in [0.15, 0.2) is 0 Å². The number of aryl methyl sites for hydroxylation is 1. The molecule has 0 bridgehead atoms. The number of rotatable bonds is 3. The molecule has 3 nitrogen and oxygen atoms in total. The van der Waals surface area contributed by atoms with Gasteiger partial charge in [-0.25, -0.2) is 0 Å². The lowest BCUT2D eigenvalue weighted by Crippen LogP contribution is -2.49. The lowest BCUT2D eigenvalue weighted by Gasteiger charge is -2.36. The number of benzene rings is 1. The van der Waals surface area contributed by atoms with Crippen LogP contribution in [0, 0.1) is 6.92 Å². The Morgan fingerprint density at radius 3 is 2.33 bits per heavy atom. The van der Waals surface area contributed by atoms with Crippen molar-refractivity contribution in [3.8, 4) is 5.75 Å². The van der Waals surface area contributed by atoms with Crippen LogP contribution in [0.25, 0.3) is 0 Å². The number of piperazine rings is 1. The van der Waals surface area contributed by atoms with Crippen molar-refractivity contribution in [1.82, 2.24) is 10.2 Å². The number of alkyl halides is 3. The van der Waals surface area contributed by atoms with Crippen LogP contribution in [0.2, 0.25) is 0 Å². The van der Waals surface area contributed by atoms with Crippen LogP contribution in [-0.4, -0.2) is 44.4 Å². The molecule has 1 aliphatic heterocycles. The number of ether oxygens (including phenoxy) is 1. The first-order valence-electron chi connectivity index (χ1n) is 6.59. The highest BCUT2D eigenvalue weighted by Gasteiger charge is 2.45. The molecule has 1 fully saturated rings. The van der Waals surface area contributed by atoms with Gasteiger partial charge in [-0.2, -0.15) is 13.2 Å². The summed E-state index contributed by atoms with van der Waals surface area (Å²) in [5, 5.41) is 3.08. The molecule has 1 N–H and O–H groups in total. The molecule has 0 unspecified atom stereocenters. The van der Waals surface area contributed by atoms with Crippen LogP contribution in [0.5, 0.6) is 5.75 Å². The summed E-state index contributed by atoms with van der Waals surface area (Å²) in [5.41, 5.74) is 0.908. The average molecular weight is 325 g/mol. The average Bonchev–Trinajstić information content (AvgIpc) is 2.40. The van der Waals surface area contributed by atoms with Crippen molar-refractivity contribution < 1.29 is 17.9 Å². The first-order chi connectivity index (χ1) is 9.43. The number of hydrogen-bond acceptors (Lipinski definition) is 3. The number of nitrogens with one attached hydrogen (secondary N) is 1. The summed E-state index contributed by atoms with van der Waals surface area (Å²) in [4.78, 5) is 1.49. The second-order valence-corrected chi connectivity index (χ2v) is 4.95. The number of halogens is 4. The van der Waals surface area contributed by atoms with Crippen molar-refractivity contribution in [1.29, 1.82) is 0 Å². The molecule has 1 aromatic rings. The molecule has 1 aliphatic rings. The van der Waals surface area contributed by atoms with Gasteiger partial charge in [-0.3, -0.25) is 4.90 Å². The lowest BCUT2D eigenvalue weighted by molar-refractivity contribution is -0.188. The molecule has 1 saturated heterocycles. The Morgan fingerprint density at radius 1 is 1.24 bits per heavy atom. The molecule has 0 aromatic heterocycles. The Kier molecular flexibility index (Phi) is 6.31. The van der Waals surface area contributed by atoms with E-state index in [4.69, 9.17) is 4.74 Å². The second-order valence-electron chi connectivity index (χ2n) is 4.95. The molecule has 1 atom stereocenters. The van der Waals surface area contributed by atoms with Gasteiger partial charge in [0.05, 0.1) is 7.11 Å². The third-order valence-corrected chi connectivity index (χ3v) is 3.60. The van der Waals surface area contributed by atoms with E-state index in [0.717, 1.165) is 0 Å². The summed E-state index contributed by atoms with van der Waals surface area (Å²) in [5.74, 6) is 0.576. The third-order valence-electron chi connectivity index (χ3n) is 3.60. The van der Waals surface area contributed by atoms with Crippen molar-refractivity contribution in [2.24, 2.45) is 0 Å². The minimum Gasteiger partial charge on any atom is -0.497 e. The summed E-state index contributed by atoms with van der Waals surface area (Å²) in [6, 6.07) is 3.21. The molecule has 0 spiro atoms. The summed E-state index contributed by atoms with van der Waals surface area (Å²) < 4.78 is 45.4. The SMILES string of the molecule is COc1ccc([C@@H](N2CCNCC2)C(F)(F)F)c(C)c1.Cl. The Morgan fingerprint density at radius 2 is 1.86 bits per heavy atom. The van der Waals surface area contributed by atoms with Gasteiger partial charge in [0.2, 0.25) is 0 Å². The number of methoxy groups -OCH3 is 1. The van der Waals surface area contributed by atoms with Crippen LogP contribution in [0.3, 0.4) is 0 Å². The molecule has 1 heterocycles. The molecule has 120 valence electrons. The maximum absolute atomic E-state index is 13.5. The van der Waals surface area contributed by atoms with Crippen LogP contribution >= 0.6 is 12.4 Å². The van der Waals surface area contributed by atoms with E-state index in [2.05, 4.69) is 5.32 Å². The highest BCUT2D eigenvalue weighted by atomic mass is 35.5. The van der Waals surface area contributed by atoms with Gasteiger partial charge in [-0.05, 0) is 30.2 Å². The maximum atomic E-state index is 13.5. The summed E-state index contributed by atoms with van der Waals surface area (Å²) >= 11 is 0. The van der Waals surface area contributed by atoms with E-state index in [-0.39, 0.29) is 12.4 Å². The summed E-state index contributed by atoms with van der Waals surface area (Å²) in [6.07, 6.45) is -4.28. The molecular formula is C14H20ClF3N2O. The largest absolute Gasteiger partial charge is 0.497 e. The quantitative estimate of drug-likeness (QED) is 0.925. The van der Waals surface area contributed by atoms with Crippen molar-refractivity contribution in [3.05, 3.63) is 29.3 Å². The van der Waals surface area contributed by atoms with Crippen LogP contribution in [0.15, 0.2) is 18.2 Å². The topological polar surface area (TPSA) is 24.5 Å². The van der Waals surface area contributed by atoms with Crippen LogP contribution in [0.1, 0.15) is 17.2 Å². The Labute approximate surface area is 128 Å². The maximum Gasteiger partial charge on any atom is 0.408 e. The van der Waals surface area contributed by atoms with Gasteiger partial charge in [-0.15, -0.1) is 12.4 Å².